The van der Waals surface area contributed by atoms with Gasteiger partial charge in [0.1, 0.15) is 5.75 Å². The number of amides is 1. The summed E-state index contributed by atoms with van der Waals surface area (Å²) in [4.78, 5) is 22.1. The molecule has 112 valence electrons. The van der Waals surface area contributed by atoms with Crippen LogP contribution in [0.5, 0.6) is 5.75 Å². The molecule has 3 rings (SSSR count). The second kappa shape index (κ2) is 5.73. The summed E-state index contributed by atoms with van der Waals surface area (Å²) < 4.78 is 5.19. The molecule has 1 amide bonds. The molecule has 0 saturated carbocycles. The summed E-state index contributed by atoms with van der Waals surface area (Å²) in [5, 5.41) is 4.30. The molecule has 1 aromatic carbocycles. The van der Waals surface area contributed by atoms with Crippen molar-refractivity contribution in [3.8, 4) is 5.75 Å². The molecule has 2 heterocycles. The number of ether oxygens (including phenoxy) is 1. The third kappa shape index (κ3) is 2.78. The molecule has 0 spiro atoms. The molecular formula is C16H15N3O2S. The number of aryl methyl sites for hydroxylation is 2. The second-order valence-corrected chi connectivity index (χ2v) is 6.14. The third-order valence-electron chi connectivity index (χ3n) is 3.30. The maximum Gasteiger partial charge on any atom is 0.259 e. The molecule has 5 nitrogen and oxygen atoms in total. The zero-order chi connectivity index (χ0) is 15.7. The number of aromatic nitrogens is 2. The van der Waals surface area contributed by atoms with Crippen LogP contribution < -0.4 is 10.1 Å². The van der Waals surface area contributed by atoms with Gasteiger partial charge in [-0.1, -0.05) is 0 Å². The van der Waals surface area contributed by atoms with Gasteiger partial charge in [-0.2, -0.15) is 0 Å². The van der Waals surface area contributed by atoms with Gasteiger partial charge in [0.25, 0.3) is 5.91 Å². The smallest absolute Gasteiger partial charge is 0.259 e. The van der Waals surface area contributed by atoms with Crippen LogP contribution in [0.3, 0.4) is 0 Å². The fraction of sp³-hybridized carbons (Fsp3) is 0.188. The molecule has 22 heavy (non-hydrogen) atoms. The minimum absolute atomic E-state index is 0.197. The van der Waals surface area contributed by atoms with E-state index in [1.54, 1.807) is 13.3 Å². The van der Waals surface area contributed by atoms with E-state index >= 15 is 0 Å². The normalized spacial score (nSPS) is 10.7. The highest BCUT2D eigenvalue weighted by molar-refractivity contribution is 7.15. The second-order valence-electron chi connectivity index (χ2n) is 4.91. The van der Waals surface area contributed by atoms with Crippen molar-refractivity contribution in [3.05, 3.63) is 46.6 Å². The molecule has 0 radical (unpaired) electrons. The summed E-state index contributed by atoms with van der Waals surface area (Å²) in [6.45, 7) is 3.77. The van der Waals surface area contributed by atoms with E-state index < -0.39 is 0 Å². The Labute approximate surface area is 132 Å². The Kier molecular flexibility index (Phi) is 3.77. The van der Waals surface area contributed by atoms with Crippen LogP contribution in [0.4, 0.5) is 5.13 Å². The van der Waals surface area contributed by atoms with E-state index in [0.717, 1.165) is 21.5 Å². The van der Waals surface area contributed by atoms with Crippen LogP contribution in [-0.2, 0) is 0 Å². The lowest BCUT2D eigenvalue weighted by atomic mass is 10.1. The number of hydrogen-bond donors (Lipinski definition) is 1. The lowest BCUT2D eigenvalue weighted by molar-refractivity contribution is 0.102. The molecular weight excluding hydrogens is 298 g/mol. The Morgan fingerprint density at radius 1 is 1.27 bits per heavy atom. The van der Waals surface area contributed by atoms with Gasteiger partial charge in [-0.3, -0.25) is 15.1 Å². The number of pyridine rings is 1. The van der Waals surface area contributed by atoms with Crippen molar-refractivity contribution in [2.24, 2.45) is 0 Å². The first-order chi connectivity index (χ1) is 10.6. The quantitative estimate of drug-likeness (QED) is 0.803. The Bertz CT molecular complexity index is 858. The fourth-order valence-corrected chi connectivity index (χ4v) is 2.84. The van der Waals surface area contributed by atoms with E-state index in [2.05, 4.69) is 15.3 Å². The topological polar surface area (TPSA) is 64.1 Å². The summed E-state index contributed by atoms with van der Waals surface area (Å²) in [5.41, 5.74) is 2.02. The van der Waals surface area contributed by atoms with Crippen LogP contribution in [0.25, 0.3) is 10.9 Å². The molecule has 1 N–H and O–H groups in total. The average Bonchev–Trinajstić information content (AvgIpc) is 2.90. The number of methoxy groups -OCH3 is 1. The Morgan fingerprint density at radius 3 is 2.77 bits per heavy atom. The number of hydrogen-bond acceptors (Lipinski definition) is 5. The number of nitrogens with zero attached hydrogens (tertiary/aromatic N) is 2. The summed E-state index contributed by atoms with van der Waals surface area (Å²) in [6.07, 6.45) is 1.73. The largest absolute Gasteiger partial charge is 0.497 e. The highest BCUT2D eigenvalue weighted by atomic mass is 32.1. The van der Waals surface area contributed by atoms with Gasteiger partial charge in [-0.25, -0.2) is 4.98 Å². The van der Waals surface area contributed by atoms with Gasteiger partial charge in [0.2, 0.25) is 0 Å². The molecule has 0 bridgehead atoms. The zero-order valence-corrected chi connectivity index (χ0v) is 13.3. The number of carbonyl (C=O) groups is 1. The predicted molar refractivity (Wildman–Crippen MR) is 87.8 cm³/mol. The van der Waals surface area contributed by atoms with E-state index in [1.807, 2.05) is 38.1 Å². The highest BCUT2D eigenvalue weighted by Crippen LogP contribution is 2.23. The molecule has 6 heteroatoms. The Hall–Kier alpha value is -2.47. The van der Waals surface area contributed by atoms with Crippen molar-refractivity contribution < 1.29 is 9.53 Å². The molecule has 0 aliphatic rings. The van der Waals surface area contributed by atoms with Crippen molar-refractivity contribution in [1.29, 1.82) is 0 Å². The van der Waals surface area contributed by atoms with Gasteiger partial charge >= 0.3 is 0 Å². The zero-order valence-electron chi connectivity index (χ0n) is 12.5. The maximum absolute atomic E-state index is 12.4. The van der Waals surface area contributed by atoms with Crippen molar-refractivity contribution in [2.75, 3.05) is 12.4 Å². The standard InChI is InChI=1S/C16H15N3O2S/c1-9-8-17-16(22-9)19-15(20)13-6-11-4-5-12(21-3)7-14(11)18-10(13)2/h4-8H,1-3H3,(H,17,19,20). The minimum Gasteiger partial charge on any atom is -0.497 e. The summed E-state index contributed by atoms with van der Waals surface area (Å²) >= 11 is 1.45. The first-order valence-corrected chi connectivity index (χ1v) is 7.57. The van der Waals surface area contributed by atoms with E-state index in [1.165, 1.54) is 11.3 Å². The van der Waals surface area contributed by atoms with Gasteiger partial charge in [-0.05, 0) is 32.0 Å². The van der Waals surface area contributed by atoms with Crippen LogP contribution in [0.15, 0.2) is 30.5 Å². The SMILES string of the molecule is COc1ccc2cc(C(=O)Nc3ncc(C)s3)c(C)nc2c1. The molecule has 0 atom stereocenters. The van der Waals surface area contributed by atoms with E-state index in [9.17, 15) is 4.79 Å². The number of rotatable bonds is 3. The molecule has 0 aliphatic carbocycles. The Balaban J connectivity index is 1.96. The average molecular weight is 313 g/mol. The molecule has 0 fully saturated rings. The van der Waals surface area contributed by atoms with Crippen molar-refractivity contribution in [3.63, 3.8) is 0 Å². The van der Waals surface area contributed by atoms with Gasteiger partial charge in [0, 0.05) is 22.5 Å². The highest BCUT2D eigenvalue weighted by Gasteiger charge is 2.13. The number of carbonyl (C=O) groups excluding carboxylic acids is 1. The molecule has 0 saturated heterocycles. The van der Waals surface area contributed by atoms with E-state index in [-0.39, 0.29) is 5.91 Å². The molecule has 0 aliphatic heterocycles. The number of anilines is 1. The van der Waals surface area contributed by atoms with Crippen molar-refractivity contribution in [1.82, 2.24) is 9.97 Å². The summed E-state index contributed by atoms with van der Waals surface area (Å²) in [7, 11) is 1.62. The first kappa shape index (κ1) is 14.5. The Morgan fingerprint density at radius 2 is 2.09 bits per heavy atom. The summed E-state index contributed by atoms with van der Waals surface area (Å²) in [6, 6.07) is 7.44. The predicted octanol–water partition coefficient (Wildman–Crippen LogP) is 3.57. The van der Waals surface area contributed by atoms with E-state index in [4.69, 9.17) is 4.74 Å². The molecule has 0 unspecified atom stereocenters. The summed E-state index contributed by atoms with van der Waals surface area (Å²) in [5.74, 6) is 0.548. The van der Waals surface area contributed by atoms with Crippen LogP contribution in [0.2, 0.25) is 0 Å². The van der Waals surface area contributed by atoms with Crippen LogP contribution >= 0.6 is 11.3 Å². The van der Waals surface area contributed by atoms with Crippen LogP contribution in [0, 0.1) is 13.8 Å². The molecule has 3 aromatic rings. The van der Waals surface area contributed by atoms with Crippen LogP contribution in [-0.4, -0.2) is 23.0 Å². The lowest BCUT2D eigenvalue weighted by Crippen LogP contribution is -2.14. The number of nitrogens with one attached hydrogen (secondary N) is 1. The maximum atomic E-state index is 12.4. The first-order valence-electron chi connectivity index (χ1n) is 6.76. The number of fused-ring (bicyclic) bond motifs is 1. The fourth-order valence-electron chi connectivity index (χ4n) is 2.18. The molecule has 2 aromatic heterocycles. The van der Waals surface area contributed by atoms with Gasteiger partial charge in [-0.15, -0.1) is 11.3 Å². The van der Waals surface area contributed by atoms with Gasteiger partial charge in [0.05, 0.1) is 23.9 Å². The monoisotopic (exact) mass is 313 g/mol. The third-order valence-corrected chi connectivity index (χ3v) is 4.13. The van der Waals surface area contributed by atoms with E-state index in [0.29, 0.717) is 16.4 Å². The lowest BCUT2D eigenvalue weighted by Gasteiger charge is -2.08. The number of thiazole rings is 1. The van der Waals surface area contributed by atoms with Gasteiger partial charge < -0.3 is 4.74 Å². The number of benzene rings is 1. The van der Waals surface area contributed by atoms with Crippen molar-refractivity contribution in [2.45, 2.75) is 13.8 Å². The van der Waals surface area contributed by atoms with Gasteiger partial charge in [0.15, 0.2) is 5.13 Å². The van der Waals surface area contributed by atoms with Crippen molar-refractivity contribution >= 4 is 33.3 Å². The minimum atomic E-state index is -0.197. The van der Waals surface area contributed by atoms with Crippen LogP contribution in [0.1, 0.15) is 20.9 Å².